The summed E-state index contributed by atoms with van der Waals surface area (Å²) in [5.41, 5.74) is 0.742. The van der Waals surface area contributed by atoms with Crippen LogP contribution in [-0.2, 0) is 16.0 Å². The number of halogens is 1. The number of carbonyl (C=O) groups is 2. The number of phenols is 1. The first-order chi connectivity index (χ1) is 8.58. The van der Waals surface area contributed by atoms with Gasteiger partial charge in [-0.05, 0) is 28.9 Å². The van der Waals surface area contributed by atoms with E-state index in [0.29, 0.717) is 22.7 Å². The lowest BCUT2D eigenvalue weighted by molar-refractivity contribution is -0.150. The molecule has 96 valence electrons. The molecule has 0 spiro atoms. The first-order valence-electron chi connectivity index (χ1n) is 5.41. The van der Waals surface area contributed by atoms with Gasteiger partial charge in [0, 0.05) is 12.0 Å². The molecule has 5 nitrogen and oxygen atoms in total. The van der Waals surface area contributed by atoms with Crippen LogP contribution in [0.1, 0.15) is 22.8 Å². The van der Waals surface area contributed by atoms with E-state index in [0.717, 1.165) is 0 Å². The number of hydrogen-bond acceptors (Lipinski definition) is 5. The Morgan fingerprint density at radius 1 is 1.72 bits per heavy atom. The predicted molar refractivity (Wildman–Crippen MR) is 65.9 cm³/mol. The second-order valence-electron chi connectivity index (χ2n) is 3.79. The van der Waals surface area contributed by atoms with E-state index in [1.54, 1.807) is 13.0 Å². The van der Waals surface area contributed by atoms with Gasteiger partial charge in [0.15, 0.2) is 12.4 Å². The van der Waals surface area contributed by atoms with Gasteiger partial charge in [0.2, 0.25) is 0 Å². The second kappa shape index (κ2) is 4.97. The van der Waals surface area contributed by atoms with Gasteiger partial charge in [0.25, 0.3) is 0 Å². The van der Waals surface area contributed by atoms with Gasteiger partial charge in [-0.15, -0.1) is 0 Å². The molecule has 0 bridgehead atoms. The number of aromatic hydroxyl groups is 1. The van der Waals surface area contributed by atoms with Crippen LogP contribution in [0.4, 0.5) is 0 Å². The molecule has 0 amide bonds. The van der Waals surface area contributed by atoms with Gasteiger partial charge in [0.1, 0.15) is 11.5 Å². The largest absolute Gasteiger partial charge is 0.506 e. The second-order valence-corrected chi connectivity index (χ2v) is 4.64. The van der Waals surface area contributed by atoms with E-state index in [4.69, 9.17) is 9.47 Å². The highest BCUT2D eigenvalue weighted by Crippen LogP contribution is 2.41. The number of fused-ring (bicyclic) bond motifs is 1. The number of benzene rings is 1. The van der Waals surface area contributed by atoms with Crippen LogP contribution in [0.25, 0.3) is 0 Å². The Morgan fingerprint density at radius 2 is 2.44 bits per heavy atom. The molecule has 1 unspecified atom stereocenters. The first kappa shape index (κ1) is 12.9. The highest BCUT2D eigenvalue weighted by molar-refractivity contribution is 9.10. The van der Waals surface area contributed by atoms with E-state index in [-0.39, 0.29) is 23.7 Å². The average Bonchev–Trinajstić information content (AvgIpc) is 2.74. The summed E-state index contributed by atoms with van der Waals surface area (Å²) in [6, 6.07) is 1.64. The zero-order chi connectivity index (χ0) is 13.3. The van der Waals surface area contributed by atoms with Crippen LogP contribution in [0.2, 0.25) is 0 Å². The number of hydrogen-bond donors (Lipinski definition) is 1. The highest BCUT2D eigenvalue weighted by atomic mass is 79.9. The van der Waals surface area contributed by atoms with Crippen LogP contribution in [0.15, 0.2) is 10.5 Å². The molecule has 1 heterocycles. The van der Waals surface area contributed by atoms with Crippen LogP contribution in [0.5, 0.6) is 11.5 Å². The summed E-state index contributed by atoms with van der Waals surface area (Å²) in [5.74, 6) is -0.404. The van der Waals surface area contributed by atoms with E-state index in [9.17, 15) is 14.7 Å². The molecule has 0 aliphatic carbocycles. The Bertz CT molecular complexity index is 512. The van der Waals surface area contributed by atoms with Crippen molar-refractivity contribution in [2.45, 2.75) is 19.4 Å². The third kappa shape index (κ3) is 2.08. The fraction of sp³-hybridized carbons (Fsp3) is 0.333. The number of esters is 1. The first-order valence-corrected chi connectivity index (χ1v) is 6.20. The maximum Gasteiger partial charge on any atom is 0.347 e. The van der Waals surface area contributed by atoms with Gasteiger partial charge in [-0.2, -0.15) is 0 Å². The standard InChI is InChI=1S/C12H11BrO5/c1-2-17-12(16)9-4-6-3-8(13)10(15)7(5-14)11(6)18-9/h3,5,9,15H,2,4H2,1H3. The zero-order valence-electron chi connectivity index (χ0n) is 9.60. The topological polar surface area (TPSA) is 72.8 Å². The molecule has 0 saturated heterocycles. The molecule has 0 aromatic heterocycles. The predicted octanol–water partition coefficient (Wildman–Crippen LogP) is 1.83. The number of phenolic OH excluding ortho intramolecular Hbond substituents is 1. The van der Waals surface area contributed by atoms with Crippen molar-refractivity contribution >= 4 is 28.2 Å². The summed E-state index contributed by atoms with van der Waals surface area (Å²) >= 11 is 3.15. The summed E-state index contributed by atoms with van der Waals surface area (Å²) in [5, 5.41) is 9.72. The molecule has 1 aliphatic heterocycles. The maximum atomic E-state index is 11.6. The van der Waals surface area contributed by atoms with Crippen LogP contribution in [0, 0.1) is 0 Å². The minimum Gasteiger partial charge on any atom is -0.506 e. The molecule has 1 N–H and O–H groups in total. The molecule has 6 heteroatoms. The third-order valence-corrected chi connectivity index (χ3v) is 3.26. The normalized spacial score (nSPS) is 16.9. The van der Waals surface area contributed by atoms with Crippen molar-refractivity contribution in [2.75, 3.05) is 6.61 Å². The fourth-order valence-corrected chi connectivity index (χ4v) is 2.34. The lowest BCUT2D eigenvalue weighted by Gasteiger charge is -2.10. The lowest BCUT2D eigenvalue weighted by atomic mass is 10.1. The number of ether oxygens (including phenoxy) is 2. The Labute approximate surface area is 112 Å². The Kier molecular flexibility index (Phi) is 3.56. The lowest BCUT2D eigenvalue weighted by Crippen LogP contribution is -2.27. The molecule has 1 atom stereocenters. The average molecular weight is 315 g/mol. The fourth-order valence-electron chi connectivity index (χ4n) is 1.85. The quantitative estimate of drug-likeness (QED) is 0.680. The van der Waals surface area contributed by atoms with Crippen molar-refractivity contribution in [3.63, 3.8) is 0 Å². The van der Waals surface area contributed by atoms with Gasteiger partial charge in [-0.3, -0.25) is 4.79 Å². The summed E-state index contributed by atoms with van der Waals surface area (Å²) in [7, 11) is 0. The SMILES string of the molecule is CCOC(=O)C1Cc2cc(Br)c(O)c(C=O)c2O1. The molecule has 0 saturated carbocycles. The van der Waals surface area contributed by atoms with Crippen molar-refractivity contribution in [3.05, 3.63) is 21.7 Å². The molecular formula is C12H11BrO5. The molecule has 0 fully saturated rings. The van der Waals surface area contributed by atoms with Crippen LogP contribution < -0.4 is 4.74 Å². The van der Waals surface area contributed by atoms with Crippen molar-refractivity contribution in [3.8, 4) is 11.5 Å². The minimum atomic E-state index is -0.757. The smallest absolute Gasteiger partial charge is 0.347 e. The molecular weight excluding hydrogens is 304 g/mol. The molecule has 18 heavy (non-hydrogen) atoms. The molecule has 1 aromatic rings. The van der Waals surface area contributed by atoms with Crippen LogP contribution in [0.3, 0.4) is 0 Å². The number of aldehydes is 1. The van der Waals surface area contributed by atoms with E-state index < -0.39 is 12.1 Å². The van der Waals surface area contributed by atoms with Gasteiger partial charge in [-0.25, -0.2) is 4.79 Å². The molecule has 0 radical (unpaired) electrons. The van der Waals surface area contributed by atoms with Crippen molar-refractivity contribution in [1.29, 1.82) is 0 Å². The molecule has 1 aliphatic rings. The van der Waals surface area contributed by atoms with Crippen molar-refractivity contribution in [2.24, 2.45) is 0 Å². The number of carbonyl (C=O) groups excluding carboxylic acids is 2. The van der Waals surface area contributed by atoms with E-state index in [2.05, 4.69) is 15.9 Å². The Hall–Kier alpha value is -1.56. The summed E-state index contributed by atoms with van der Waals surface area (Å²) in [6.07, 6.45) is 0.0766. The van der Waals surface area contributed by atoms with Crippen molar-refractivity contribution in [1.82, 2.24) is 0 Å². The monoisotopic (exact) mass is 314 g/mol. The van der Waals surface area contributed by atoms with Crippen LogP contribution in [-0.4, -0.2) is 30.1 Å². The van der Waals surface area contributed by atoms with Gasteiger partial charge >= 0.3 is 5.97 Å². The van der Waals surface area contributed by atoms with E-state index in [1.807, 2.05) is 0 Å². The van der Waals surface area contributed by atoms with Gasteiger partial charge in [0.05, 0.1) is 16.6 Å². The van der Waals surface area contributed by atoms with Crippen molar-refractivity contribution < 1.29 is 24.2 Å². The van der Waals surface area contributed by atoms with Gasteiger partial charge in [-0.1, -0.05) is 0 Å². The van der Waals surface area contributed by atoms with E-state index in [1.165, 1.54) is 0 Å². The molecule has 1 aromatic carbocycles. The minimum absolute atomic E-state index is 0.0474. The summed E-state index contributed by atoms with van der Waals surface area (Å²) < 4.78 is 10.7. The van der Waals surface area contributed by atoms with Crippen LogP contribution >= 0.6 is 15.9 Å². The maximum absolute atomic E-state index is 11.6. The zero-order valence-corrected chi connectivity index (χ0v) is 11.2. The van der Waals surface area contributed by atoms with E-state index >= 15 is 0 Å². The Morgan fingerprint density at radius 3 is 3.06 bits per heavy atom. The summed E-state index contributed by atoms with van der Waals surface area (Å²) in [6.45, 7) is 1.98. The Balaban J connectivity index is 2.35. The molecule has 2 rings (SSSR count). The third-order valence-electron chi connectivity index (χ3n) is 2.65. The number of rotatable bonds is 3. The summed E-state index contributed by atoms with van der Waals surface area (Å²) in [4.78, 5) is 22.5. The highest BCUT2D eigenvalue weighted by Gasteiger charge is 2.33. The van der Waals surface area contributed by atoms with Gasteiger partial charge < -0.3 is 14.6 Å².